The predicted molar refractivity (Wildman–Crippen MR) is 125 cm³/mol. The topological polar surface area (TPSA) is 46.6 Å². The van der Waals surface area contributed by atoms with Crippen LogP contribution in [0.5, 0.6) is 0 Å². The third-order valence-electron chi connectivity index (χ3n) is 7.08. The molecule has 1 saturated heterocycles. The van der Waals surface area contributed by atoms with Gasteiger partial charge >= 0.3 is 5.91 Å². The van der Waals surface area contributed by atoms with Crippen LogP contribution in [-0.4, -0.2) is 23.2 Å². The van der Waals surface area contributed by atoms with Gasteiger partial charge in [-0.25, -0.2) is 4.39 Å². The molecule has 0 aromatic heterocycles. The Kier molecular flexibility index (Phi) is 5.53. The summed E-state index contributed by atoms with van der Waals surface area (Å²) in [6.07, 6.45) is 2.39. The van der Waals surface area contributed by atoms with Gasteiger partial charge in [-0.1, -0.05) is 52.0 Å². The molecule has 1 heterocycles. The van der Waals surface area contributed by atoms with Crippen molar-refractivity contribution in [1.29, 1.82) is 0 Å². The number of nitrogens with zero attached hydrogens (tertiary/aromatic N) is 1. The minimum Gasteiger partial charge on any atom is -0.276 e. The molecule has 6 heteroatoms. The summed E-state index contributed by atoms with van der Waals surface area (Å²) in [4.78, 5) is 29.8. The normalized spacial score (nSPS) is 24.0. The number of hydroxylamine groups is 2. The number of amides is 1. The van der Waals surface area contributed by atoms with Crippen molar-refractivity contribution < 1.29 is 18.8 Å². The number of benzene rings is 2. The number of carbonyl (C=O) groups excluding carboxylic acids is 2. The van der Waals surface area contributed by atoms with E-state index in [-0.39, 0.29) is 23.1 Å². The Morgan fingerprint density at radius 3 is 2.22 bits per heavy atom. The molecule has 4 rings (SSSR count). The number of aryl methyl sites for hydroxylation is 1. The SMILES string of the molecule is CON1C(=O)C(=O)SC1(Cc1cccc(F)c1)c1cc2c(cc1C)C(C)(C)CCC2(C)C. The third-order valence-corrected chi connectivity index (χ3v) is 8.31. The summed E-state index contributed by atoms with van der Waals surface area (Å²) in [6, 6.07) is 10.7. The fourth-order valence-electron chi connectivity index (χ4n) is 5.15. The summed E-state index contributed by atoms with van der Waals surface area (Å²) in [5.74, 6) is -1.04. The molecular weight excluding hydrogens is 425 g/mol. The fourth-order valence-corrected chi connectivity index (χ4v) is 6.44. The highest BCUT2D eigenvalue weighted by Crippen LogP contribution is 2.53. The highest BCUT2D eigenvalue weighted by molar-refractivity contribution is 8.16. The van der Waals surface area contributed by atoms with E-state index in [1.165, 1.54) is 35.4 Å². The molecule has 1 fully saturated rings. The van der Waals surface area contributed by atoms with Crippen molar-refractivity contribution in [3.8, 4) is 0 Å². The molecule has 2 aromatic rings. The van der Waals surface area contributed by atoms with Crippen LogP contribution < -0.4 is 0 Å². The minimum absolute atomic E-state index is 0.0391. The largest absolute Gasteiger partial charge is 0.326 e. The number of halogens is 1. The summed E-state index contributed by atoms with van der Waals surface area (Å²) in [7, 11) is 1.40. The van der Waals surface area contributed by atoms with Gasteiger partial charge in [-0.2, -0.15) is 5.06 Å². The van der Waals surface area contributed by atoms with Gasteiger partial charge in [0, 0.05) is 6.42 Å². The zero-order valence-corrected chi connectivity index (χ0v) is 20.4. The van der Waals surface area contributed by atoms with E-state index in [9.17, 15) is 14.0 Å². The zero-order chi connectivity index (χ0) is 23.5. The maximum atomic E-state index is 14.0. The van der Waals surface area contributed by atoms with Crippen molar-refractivity contribution in [3.63, 3.8) is 0 Å². The summed E-state index contributed by atoms with van der Waals surface area (Å²) >= 11 is 0.962. The molecular formula is C26H30FNO3S. The summed E-state index contributed by atoms with van der Waals surface area (Å²) < 4.78 is 14.0. The van der Waals surface area contributed by atoms with Crippen molar-refractivity contribution in [3.05, 3.63) is 70.0 Å². The fraction of sp³-hybridized carbons (Fsp3) is 0.462. The van der Waals surface area contributed by atoms with Crippen molar-refractivity contribution in [2.45, 2.75) is 69.6 Å². The monoisotopic (exact) mass is 455 g/mol. The van der Waals surface area contributed by atoms with Gasteiger partial charge in [-0.15, -0.1) is 0 Å². The van der Waals surface area contributed by atoms with Gasteiger partial charge < -0.3 is 0 Å². The van der Waals surface area contributed by atoms with E-state index in [0.29, 0.717) is 5.56 Å². The van der Waals surface area contributed by atoms with Crippen molar-refractivity contribution in [2.75, 3.05) is 7.11 Å². The number of rotatable bonds is 4. The van der Waals surface area contributed by atoms with E-state index in [1.54, 1.807) is 6.07 Å². The summed E-state index contributed by atoms with van der Waals surface area (Å²) in [6.45, 7) is 11.0. The van der Waals surface area contributed by atoms with Gasteiger partial charge in [0.2, 0.25) is 0 Å². The van der Waals surface area contributed by atoms with Crippen molar-refractivity contribution in [2.24, 2.45) is 0 Å². The summed E-state index contributed by atoms with van der Waals surface area (Å²) in [5, 5.41) is 0.612. The number of carbonyl (C=O) groups is 2. The molecule has 1 unspecified atom stereocenters. The van der Waals surface area contributed by atoms with Crippen LogP contribution in [0.2, 0.25) is 0 Å². The quantitative estimate of drug-likeness (QED) is 0.568. The van der Waals surface area contributed by atoms with Crippen LogP contribution in [-0.2, 0) is 36.5 Å². The molecule has 0 bridgehead atoms. The highest BCUT2D eigenvalue weighted by atomic mass is 32.2. The molecule has 1 atom stereocenters. The lowest BCUT2D eigenvalue weighted by Gasteiger charge is -2.44. The number of hydrogen-bond acceptors (Lipinski definition) is 4. The third kappa shape index (κ3) is 3.57. The molecule has 2 aromatic carbocycles. The second-order valence-corrected chi connectivity index (χ2v) is 11.5. The first kappa shape index (κ1) is 23.0. The molecule has 1 aliphatic heterocycles. The van der Waals surface area contributed by atoms with E-state index in [0.717, 1.165) is 35.7 Å². The average molecular weight is 456 g/mol. The van der Waals surface area contributed by atoms with Crippen LogP contribution in [0.4, 0.5) is 4.39 Å². The molecule has 4 nitrogen and oxygen atoms in total. The molecule has 170 valence electrons. The lowest BCUT2D eigenvalue weighted by molar-refractivity contribution is -0.190. The van der Waals surface area contributed by atoms with Crippen LogP contribution in [0, 0.1) is 12.7 Å². The minimum atomic E-state index is -1.10. The van der Waals surface area contributed by atoms with Crippen molar-refractivity contribution in [1.82, 2.24) is 5.06 Å². The van der Waals surface area contributed by atoms with Gasteiger partial charge in [-0.05, 0) is 82.3 Å². The Hall–Kier alpha value is -2.18. The number of fused-ring (bicyclic) bond motifs is 1. The Morgan fingerprint density at radius 1 is 1.00 bits per heavy atom. The number of hydrogen-bond donors (Lipinski definition) is 0. The zero-order valence-electron chi connectivity index (χ0n) is 19.5. The van der Waals surface area contributed by atoms with Crippen LogP contribution in [0.1, 0.15) is 68.4 Å². The second-order valence-electron chi connectivity index (χ2n) is 10.2. The van der Waals surface area contributed by atoms with Gasteiger partial charge in [-0.3, -0.25) is 14.4 Å². The second kappa shape index (κ2) is 7.70. The molecule has 0 saturated carbocycles. The summed E-state index contributed by atoms with van der Waals surface area (Å²) in [5.41, 5.74) is 5.08. The van der Waals surface area contributed by atoms with Crippen LogP contribution in [0.15, 0.2) is 36.4 Å². The van der Waals surface area contributed by atoms with Crippen LogP contribution in [0.25, 0.3) is 0 Å². The van der Waals surface area contributed by atoms with Crippen LogP contribution >= 0.6 is 11.8 Å². The Labute approximate surface area is 193 Å². The van der Waals surface area contributed by atoms with Gasteiger partial charge in [0.15, 0.2) is 4.87 Å². The Morgan fingerprint density at radius 2 is 1.62 bits per heavy atom. The van der Waals surface area contributed by atoms with E-state index in [1.807, 2.05) is 13.0 Å². The number of thioether (sulfide) groups is 1. The lowest BCUT2D eigenvalue weighted by atomic mass is 9.62. The smallest absolute Gasteiger partial charge is 0.276 e. The first-order valence-corrected chi connectivity index (χ1v) is 11.8. The van der Waals surface area contributed by atoms with Crippen molar-refractivity contribution >= 4 is 22.8 Å². The standard InChI is InChI=1S/C26H30FNO3S/c1-16-12-20-21(25(4,5)11-10-24(20,2)3)14-19(16)26(15-17-8-7-9-18(27)13-17)28(31-6)22(29)23(30)32-26/h7-9,12-14H,10-11,15H2,1-6H3. The molecule has 2 aliphatic rings. The molecule has 0 N–H and O–H groups in total. The lowest BCUT2D eigenvalue weighted by Crippen LogP contribution is -2.44. The molecule has 1 amide bonds. The predicted octanol–water partition coefficient (Wildman–Crippen LogP) is 5.54. The molecule has 0 radical (unpaired) electrons. The maximum absolute atomic E-state index is 14.0. The van der Waals surface area contributed by atoms with E-state index < -0.39 is 15.9 Å². The first-order chi connectivity index (χ1) is 14.9. The molecule has 1 aliphatic carbocycles. The van der Waals surface area contributed by atoms with E-state index in [2.05, 4.69) is 39.8 Å². The Bertz CT molecular complexity index is 1110. The molecule has 32 heavy (non-hydrogen) atoms. The Balaban J connectivity index is 1.97. The first-order valence-electron chi connectivity index (χ1n) is 10.9. The van der Waals surface area contributed by atoms with Gasteiger partial charge in [0.25, 0.3) is 5.12 Å². The van der Waals surface area contributed by atoms with E-state index in [4.69, 9.17) is 4.84 Å². The average Bonchev–Trinajstić information content (AvgIpc) is 2.95. The van der Waals surface area contributed by atoms with E-state index >= 15 is 0 Å². The maximum Gasteiger partial charge on any atom is 0.326 e. The van der Waals surface area contributed by atoms with Gasteiger partial charge in [0.05, 0.1) is 7.11 Å². The highest BCUT2D eigenvalue weighted by Gasteiger charge is 2.55. The van der Waals surface area contributed by atoms with Crippen LogP contribution in [0.3, 0.4) is 0 Å². The molecule has 0 spiro atoms. The van der Waals surface area contributed by atoms with Gasteiger partial charge in [0.1, 0.15) is 5.82 Å².